The lowest BCUT2D eigenvalue weighted by atomic mass is 10.4. The average Bonchev–Trinajstić information content (AvgIpc) is 1.59. The zero-order valence-corrected chi connectivity index (χ0v) is 5.00. The molecule has 0 aliphatic carbocycles. The van der Waals surface area contributed by atoms with Crippen molar-refractivity contribution in [2.75, 3.05) is 0 Å². The molecular weight excluding hydrogens is 138 g/mol. The Balaban J connectivity index is 4.79. The second-order valence-electron chi connectivity index (χ2n) is 1.47. The molecule has 7 heteroatoms. The molecule has 56 valence electrons. The maximum absolute atomic E-state index is 9.95. The normalized spacial score (nSPS) is 8.40. The van der Waals surface area contributed by atoms with Crippen molar-refractivity contribution in [3.8, 4) is 0 Å². The minimum absolute atomic E-state index is 0.558. The van der Waals surface area contributed by atoms with Crippen molar-refractivity contribution in [2.24, 2.45) is 17.2 Å². The summed E-state index contributed by atoms with van der Waals surface area (Å²) in [5.41, 5.74) is 13.7. The molecule has 0 fully saturated rings. The summed E-state index contributed by atoms with van der Waals surface area (Å²) in [7, 11) is 0. The van der Waals surface area contributed by atoms with E-state index in [-0.39, 0.29) is 0 Å². The standard InChI is InChI=1S/C3H7N5O2/c4-2(5)1(3(6)7)8(9)10/h4-5H2,(H3,6,7). The molecule has 0 saturated carbocycles. The van der Waals surface area contributed by atoms with Crippen LogP contribution in [0.4, 0.5) is 0 Å². The molecule has 10 heavy (non-hydrogen) atoms. The molecule has 0 radical (unpaired) electrons. The van der Waals surface area contributed by atoms with Gasteiger partial charge in [0.05, 0.1) is 4.92 Å². The molecule has 0 rings (SSSR count). The van der Waals surface area contributed by atoms with Crippen LogP contribution in [0.15, 0.2) is 11.5 Å². The summed E-state index contributed by atoms with van der Waals surface area (Å²) in [5, 5.41) is 16.6. The summed E-state index contributed by atoms with van der Waals surface area (Å²) < 4.78 is 0. The van der Waals surface area contributed by atoms with Gasteiger partial charge in [0.25, 0.3) is 0 Å². The molecule has 0 saturated heterocycles. The predicted octanol–water partition coefficient (Wildman–Crippen LogP) is -1.71. The van der Waals surface area contributed by atoms with Crippen LogP contribution in [0.25, 0.3) is 0 Å². The molecule has 0 amide bonds. The molecule has 0 heterocycles. The van der Waals surface area contributed by atoms with Crippen LogP contribution in [-0.4, -0.2) is 10.8 Å². The first kappa shape index (κ1) is 8.21. The van der Waals surface area contributed by atoms with E-state index >= 15 is 0 Å². The van der Waals surface area contributed by atoms with Gasteiger partial charge in [-0.3, -0.25) is 15.5 Å². The number of nitro groups is 1. The minimum Gasteiger partial charge on any atom is -0.380 e. The second-order valence-corrected chi connectivity index (χ2v) is 1.47. The third kappa shape index (κ3) is 1.62. The van der Waals surface area contributed by atoms with Crippen LogP contribution in [-0.2, 0) is 0 Å². The molecule has 0 aliphatic heterocycles. The van der Waals surface area contributed by atoms with E-state index in [9.17, 15) is 10.1 Å². The van der Waals surface area contributed by atoms with Crippen LogP contribution in [0.3, 0.4) is 0 Å². The molecule has 0 aromatic rings. The Hall–Kier alpha value is -1.79. The van der Waals surface area contributed by atoms with Crippen molar-refractivity contribution >= 4 is 5.84 Å². The first-order chi connectivity index (χ1) is 4.46. The Morgan fingerprint density at radius 1 is 1.40 bits per heavy atom. The van der Waals surface area contributed by atoms with Gasteiger partial charge in [-0.1, -0.05) is 0 Å². The third-order valence-corrected chi connectivity index (χ3v) is 0.711. The fourth-order valence-corrected chi connectivity index (χ4v) is 0.359. The Morgan fingerprint density at radius 3 is 1.80 bits per heavy atom. The van der Waals surface area contributed by atoms with E-state index in [2.05, 4.69) is 0 Å². The van der Waals surface area contributed by atoms with Gasteiger partial charge in [-0.2, -0.15) is 0 Å². The number of hydrogen-bond acceptors (Lipinski definition) is 5. The minimum atomic E-state index is -0.905. The lowest BCUT2D eigenvalue weighted by Crippen LogP contribution is -2.27. The van der Waals surface area contributed by atoms with E-state index in [1.54, 1.807) is 0 Å². The van der Waals surface area contributed by atoms with Crippen LogP contribution < -0.4 is 17.2 Å². The fourth-order valence-electron chi connectivity index (χ4n) is 0.359. The predicted molar refractivity (Wildman–Crippen MR) is 34.3 cm³/mol. The van der Waals surface area contributed by atoms with E-state index in [1.807, 2.05) is 0 Å². The van der Waals surface area contributed by atoms with Crippen molar-refractivity contribution in [1.29, 1.82) is 5.41 Å². The van der Waals surface area contributed by atoms with Gasteiger partial charge in [-0.15, -0.1) is 0 Å². The Morgan fingerprint density at radius 2 is 1.80 bits per heavy atom. The van der Waals surface area contributed by atoms with Crippen LogP contribution in [0, 0.1) is 15.5 Å². The number of nitrogens with two attached hydrogens (primary N) is 3. The van der Waals surface area contributed by atoms with Gasteiger partial charge >= 0.3 is 5.70 Å². The number of nitrogens with zero attached hydrogens (tertiary/aromatic N) is 1. The van der Waals surface area contributed by atoms with Crippen molar-refractivity contribution in [3.05, 3.63) is 21.6 Å². The lowest BCUT2D eigenvalue weighted by Gasteiger charge is -1.95. The number of rotatable bonds is 2. The highest BCUT2D eigenvalue weighted by atomic mass is 16.6. The molecule has 0 atom stereocenters. The topological polar surface area (TPSA) is 145 Å². The van der Waals surface area contributed by atoms with Crippen molar-refractivity contribution < 1.29 is 4.92 Å². The van der Waals surface area contributed by atoms with Crippen LogP contribution in [0.2, 0.25) is 0 Å². The quantitative estimate of drug-likeness (QED) is 0.158. The Bertz CT molecular complexity index is 187. The molecule has 7 N–H and O–H groups in total. The molecule has 0 bridgehead atoms. The molecule has 0 spiro atoms. The van der Waals surface area contributed by atoms with E-state index in [4.69, 9.17) is 22.6 Å². The molecule has 7 nitrogen and oxygen atoms in total. The maximum atomic E-state index is 9.95. The van der Waals surface area contributed by atoms with Crippen LogP contribution >= 0.6 is 0 Å². The molecule has 0 aliphatic rings. The smallest absolute Gasteiger partial charge is 0.349 e. The van der Waals surface area contributed by atoms with Crippen molar-refractivity contribution in [2.45, 2.75) is 0 Å². The SMILES string of the molecule is N=C(N)C(=C(N)N)[N+](=O)[O-]. The molecule has 0 unspecified atom stereocenters. The Labute approximate surface area is 56.1 Å². The van der Waals surface area contributed by atoms with E-state index in [1.165, 1.54) is 0 Å². The summed E-state index contributed by atoms with van der Waals surface area (Å²) in [6.45, 7) is 0. The van der Waals surface area contributed by atoms with Crippen molar-refractivity contribution in [3.63, 3.8) is 0 Å². The number of hydrogen-bond donors (Lipinski definition) is 4. The average molecular weight is 145 g/mol. The zero-order valence-electron chi connectivity index (χ0n) is 5.00. The summed E-state index contributed by atoms with van der Waals surface area (Å²) in [5.74, 6) is -1.30. The summed E-state index contributed by atoms with van der Waals surface area (Å²) in [6, 6.07) is 0. The van der Waals surface area contributed by atoms with Crippen LogP contribution in [0.1, 0.15) is 0 Å². The van der Waals surface area contributed by atoms with E-state index in [0.29, 0.717) is 0 Å². The van der Waals surface area contributed by atoms with Gasteiger partial charge < -0.3 is 17.2 Å². The van der Waals surface area contributed by atoms with Crippen LogP contribution in [0.5, 0.6) is 0 Å². The molecular formula is C3H7N5O2. The Kier molecular flexibility index (Phi) is 2.19. The first-order valence-corrected chi connectivity index (χ1v) is 2.20. The van der Waals surface area contributed by atoms with Gasteiger partial charge in [-0.25, -0.2) is 0 Å². The van der Waals surface area contributed by atoms with E-state index < -0.39 is 22.3 Å². The summed E-state index contributed by atoms with van der Waals surface area (Å²) in [4.78, 5) is 9.04. The molecule has 0 aromatic carbocycles. The van der Waals surface area contributed by atoms with Gasteiger partial charge in [-0.05, 0) is 0 Å². The van der Waals surface area contributed by atoms with Crippen molar-refractivity contribution in [1.82, 2.24) is 0 Å². The summed E-state index contributed by atoms with van der Waals surface area (Å²) >= 11 is 0. The van der Waals surface area contributed by atoms with Gasteiger partial charge in [0, 0.05) is 0 Å². The highest BCUT2D eigenvalue weighted by Gasteiger charge is 2.17. The van der Waals surface area contributed by atoms with Gasteiger partial charge in [0.2, 0.25) is 0 Å². The summed E-state index contributed by atoms with van der Waals surface area (Å²) in [6.07, 6.45) is 0. The third-order valence-electron chi connectivity index (χ3n) is 0.711. The highest BCUT2D eigenvalue weighted by molar-refractivity contribution is 5.92. The van der Waals surface area contributed by atoms with E-state index in [0.717, 1.165) is 0 Å². The highest BCUT2D eigenvalue weighted by Crippen LogP contribution is 1.93. The molecule has 0 aromatic heterocycles. The van der Waals surface area contributed by atoms with Gasteiger partial charge in [0.15, 0.2) is 11.7 Å². The first-order valence-electron chi connectivity index (χ1n) is 2.20. The fraction of sp³-hybridized carbons (Fsp3) is 0. The van der Waals surface area contributed by atoms with Gasteiger partial charge in [0.1, 0.15) is 0 Å². The maximum Gasteiger partial charge on any atom is 0.349 e. The lowest BCUT2D eigenvalue weighted by molar-refractivity contribution is -0.416. The largest absolute Gasteiger partial charge is 0.380 e. The zero-order chi connectivity index (χ0) is 8.31. The number of amidine groups is 1. The second kappa shape index (κ2) is 2.67. The monoisotopic (exact) mass is 145 g/mol. The number of nitrogens with one attached hydrogen (secondary N) is 1.